The summed E-state index contributed by atoms with van der Waals surface area (Å²) in [5.41, 5.74) is 0.845. The summed E-state index contributed by atoms with van der Waals surface area (Å²) in [7, 11) is 1.88. The minimum Gasteiger partial charge on any atom is -0.365 e. The van der Waals surface area contributed by atoms with Crippen LogP contribution in [0.1, 0.15) is 32.1 Å². The van der Waals surface area contributed by atoms with Crippen LogP contribution in [0, 0.1) is 0 Å². The van der Waals surface area contributed by atoms with Crippen LogP contribution >= 0.6 is 11.6 Å². The Bertz CT molecular complexity index is 567. The molecule has 0 bridgehead atoms. The SMILES string of the molecule is Cn1ncc2c(NC3CCCCCC3Cl)ncnc21. The molecule has 1 saturated carbocycles. The van der Waals surface area contributed by atoms with Crippen LogP contribution in [0.2, 0.25) is 0 Å². The van der Waals surface area contributed by atoms with E-state index in [-0.39, 0.29) is 11.4 Å². The summed E-state index contributed by atoms with van der Waals surface area (Å²) in [6, 6.07) is 0.280. The van der Waals surface area contributed by atoms with Gasteiger partial charge in [0.1, 0.15) is 12.1 Å². The van der Waals surface area contributed by atoms with Gasteiger partial charge in [-0.2, -0.15) is 5.10 Å². The molecule has 1 aliphatic carbocycles. The summed E-state index contributed by atoms with van der Waals surface area (Å²) in [4.78, 5) is 8.59. The predicted octanol–water partition coefficient (Wildman–Crippen LogP) is 2.72. The molecule has 5 nitrogen and oxygen atoms in total. The molecular weight excluding hydrogens is 262 g/mol. The summed E-state index contributed by atoms with van der Waals surface area (Å²) in [6.45, 7) is 0. The number of hydrogen-bond acceptors (Lipinski definition) is 4. The first kappa shape index (κ1) is 12.7. The summed E-state index contributed by atoms with van der Waals surface area (Å²) >= 11 is 6.47. The van der Waals surface area contributed by atoms with E-state index in [4.69, 9.17) is 11.6 Å². The Kier molecular flexibility index (Phi) is 3.55. The molecule has 6 heteroatoms. The van der Waals surface area contributed by atoms with Crippen LogP contribution in [0.25, 0.3) is 11.0 Å². The molecule has 2 aromatic rings. The second kappa shape index (κ2) is 5.33. The fraction of sp³-hybridized carbons (Fsp3) is 0.615. The molecule has 3 rings (SSSR count). The summed E-state index contributed by atoms with van der Waals surface area (Å²) in [5, 5.41) is 8.85. The van der Waals surface area contributed by atoms with Crippen molar-refractivity contribution in [1.82, 2.24) is 19.7 Å². The third kappa shape index (κ3) is 2.52. The van der Waals surface area contributed by atoms with Crippen molar-refractivity contribution in [3.05, 3.63) is 12.5 Å². The molecule has 0 amide bonds. The van der Waals surface area contributed by atoms with Crippen molar-refractivity contribution < 1.29 is 0 Å². The lowest BCUT2D eigenvalue weighted by atomic mass is 10.1. The number of anilines is 1. The van der Waals surface area contributed by atoms with E-state index in [1.807, 2.05) is 7.05 Å². The van der Waals surface area contributed by atoms with Crippen LogP contribution in [0.5, 0.6) is 0 Å². The van der Waals surface area contributed by atoms with E-state index in [0.29, 0.717) is 0 Å². The number of fused-ring (bicyclic) bond motifs is 1. The van der Waals surface area contributed by atoms with Crippen molar-refractivity contribution in [1.29, 1.82) is 0 Å². The maximum atomic E-state index is 6.47. The number of nitrogens with one attached hydrogen (secondary N) is 1. The molecule has 0 aliphatic heterocycles. The van der Waals surface area contributed by atoms with E-state index in [0.717, 1.165) is 29.7 Å². The van der Waals surface area contributed by atoms with E-state index < -0.39 is 0 Å². The highest BCUT2D eigenvalue weighted by molar-refractivity contribution is 6.21. The molecule has 0 spiro atoms. The zero-order valence-corrected chi connectivity index (χ0v) is 11.8. The van der Waals surface area contributed by atoms with Gasteiger partial charge in [-0.05, 0) is 12.8 Å². The van der Waals surface area contributed by atoms with E-state index in [2.05, 4.69) is 20.4 Å². The Balaban J connectivity index is 1.88. The normalized spacial score (nSPS) is 24.3. The Morgan fingerprint density at radius 3 is 3.00 bits per heavy atom. The molecule has 0 saturated heterocycles. The van der Waals surface area contributed by atoms with Gasteiger partial charge in [-0.15, -0.1) is 11.6 Å². The van der Waals surface area contributed by atoms with Gasteiger partial charge < -0.3 is 5.32 Å². The third-order valence-corrected chi connectivity index (χ3v) is 4.31. The van der Waals surface area contributed by atoms with Gasteiger partial charge >= 0.3 is 0 Å². The second-order valence-corrected chi connectivity index (χ2v) is 5.69. The predicted molar refractivity (Wildman–Crippen MR) is 76.4 cm³/mol. The number of halogens is 1. The van der Waals surface area contributed by atoms with Crippen molar-refractivity contribution in [2.45, 2.75) is 43.5 Å². The molecule has 1 aliphatic rings. The lowest BCUT2D eigenvalue weighted by Crippen LogP contribution is -2.29. The largest absolute Gasteiger partial charge is 0.365 e. The van der Waals surface area contributed by atoms with Crippen LogP contribution in [0.3, 0.4) is 0 Å². The van der Waals surface area contributed by atoms with Gasteiger partial charge in [-0.25, -0.2) is 9.97 Å². The first-order chi connectivity index (χ1) is 9.25. The maximum absolute atomic E-state index is 6.47. The van der Waals surface area contributed by atoms with Crippen LogP contribution < -0.4 is 5.32 Å². The van der Waals surface area contributed by atoms with Crippen LogP contribution in [0.4, 0.5) is 5.82 Å². The summed E-state index contributed by atoms with van der Waals surface area (Å²) in [6.07, 6.45) is 9.26. The Labute approximate surface area is 117 Å². The van der Waals surface area contributed by atoms with Gasteiger partial charge in [0.05, 0.1) is 17.0 Å². The van der Waals surface area contributed by atoms with E-state index in [9.17, 15) is 0 Å². The zero-order chi connectivity index (χ0) is 13.2. The van der Waals surface area contributed by atoms with Crippen molar-refractivity contribution >= 4 is 28.5 Å². The molecule has 2 aromatic heterocycles. The number of hydrogen-bond donors (Lipinski definition) is 1. The topological polar surface area (TPSA) is 55.6 Å². The summed E-state index contributed by atoms with van der Waals surface area (Å²) in [5.74, 6) is 0.843. The Morgan fingerprint density at radius 1 is 1.26 bits per heavy atom. The highest BCUT2D eigenvalue weighted by Gasteiger charge is 2.22. The van der Waals surface area contributed by atoms with Crippen LogP contribution in [0.15, 0.2) is 12.5 Å². The van der Waals surface area contributed by atoms with Crippen molar-refractivity contribution in [2.75, 3.05) is 5.32 Å². The molecule has 0 radical (unpaired) electrons. The number of aryl methyl sites for hydroxylation is 1. The fourth-order valence-electron chi connectivity index (χ4n) is 2.68. The average Bonchev–Trinajstić information content (AvgIpc) is 2.67. The lowest BCUT2D eigenvalue weighted by Gasteiger charge is -2.21. The molecule has 0 aromatic carbocycles. The van der Waals surface area contributed by atoms with E-state index in [1.54, 1.807) is 17.2 Å². The highest BCUT2D eigenvalue weighted by atomic mass is 35.5. The standard InChI is InChI=1S/C13H18ClN5/c1-19-13-9(7-17-19)12(15-8-16-13)18-11-6-4-2-3-5-10(11)14/h7-8,10-11H,2-6H2,1H3,(H,15,16,18). The first-order valence-corrected chi connectivity index (χ1v) is 7.22. The maximum Gasteiger partial charge on any atom is 0.163 e. The lowest BCUT2D eigenvalue weighted by molar-refractivity contribution is 0.625. The molecule has 1 fully saturated rings. The number of aromatic nitrogens is 4. The molecule has 102 valence electrons. The van der Waals surface area contributed by atoms with Gasteiger partial charge in [-0.3, -0.25) is 4.68 Å². The molecule has 1 N–H and O–H groups in total. The Morgan fingerprint density at radius 2 is 2.11 bits per heavy atom. The third-order valence-electron chi connectivity index (χ3n) is 3.78. The minimum absolute atomic E-state index is 0.171. The van der Waals surface area contributed by atoms with Gasteiger partial charge in [0.2, 0.25) is 0 Å². The molecule has 19 heavy (non-hydrogen) atoms. The molecular formula is C13H18ClN5. The van der Waals surface area contributed by atoms with Gasteiger partial charge in [0.25, 0.3) is 0 Å². The smallest absolute Gasteiger partial charge is 0.163 e. The van der Waals surface area contributed by atoms with E-state index in [1.165, 1.54) is 19.3 Å². The van der Waals surface area contributed by atoms with Crippen molar-refractivity contribution in [2.24, 2.45) is 7.05 Å². The zero-order valence-electron chi connectivity index (χ0n) is 11.0. The number of alkyl halides is 1. The van der Waals surface area contributed by atoms with Crippen molar-refractivity contribution in [3.63, 3.8) is 0 Å². The van der Waals surface area contributed by atoms with Crippen LogP contribution in [-0.2, 0) is 7.05 Å². The number of rotatable bonds is 2. The Hall–Kier alpha value is -1.36. The average molecular weight is 280 g/mol. The van der Waals surface area contributed by atoms with Crippen molar-refractivity contribution in [3.8, 4) is 0 Å². The fourth-order valence-corrected chi connectivity index (χ4v) is 3.02. The molecule has 2 heterocycles. The first-order valence-electron chi connectivity index (χ1n) is 6.79. The van der Waals surface area contributed by atoms with Gasteiger partial charge in [0, 0.05) is 13.1 Å². The van der Waals surface area contributed by atoms with Crippen LogP contribution in [-0.4, -0.2) is 31.2 Å². The number of nitrogens with zero attached hydrogens (tertiary/aromatic N) is 4. The monoisotopic (exact) mass is 279 g/mol. The molecule has 2 unspecified atom stereocenters. The quantitative estimate of drug-likeness (QED) is 0.678. The summed E-state index contributed by atoms with van der Waals surface area (Å²) < 4.78 is 1.76. The van der Waals surface area contributed by atoms with E-state index >= 15 is 0 Å². The second-order valence-electron chi connectivity index (χ2n) is 5.13. The van der Waals surface area contributed by atoms with Gasteiger partial charge in [-0.1, -0.05) is 19.3 Å². The minimum atomic E-state index is 0.171. The van der Waals surface area contributed by atoms with Gasteiger partial charge in [0.15, 0.2) is 5.65 Å². The molecule has 2 atom stereocenters. The highest BCUT2D eigenvalue weighted by Crippen LogP contribution is 2.26.